The van der Waals surface area contributed by atoms with Crippen molar-refractivity contribution in [1.82, 2.24) is 9.97 Å². The lowest BCUT2D eigenvalue weighted by molar-refractivity contribution is -0.193. The number of nitrogens with zero attached hydrogens (tertiary/aromatic N) is 3. The molecule has 8 nitrogen and oxygen atoms in total. The van der Waals surface area contributed by atoms with Crippen LogP contribution in [0.4, 0.5) is 14.5 Å². The van der Waals surface area contributed by atoms with Crippen molar-refractivity contribution in [2.45, 2.75) is 25.7 Å². The summed E-state index contributed by atoms with van der Waals surface area (Å²) in [5.74, 6) is -2.01. The minimum absolute atomic E-state index is 0.0172. The second-order valence-electron chi connectivity index (χ2n) is 6.74. The fourth-order valence-electron chi connectivity index (χ4n) is 3.24. The lowest BCUT2D eigenvalue weighted by atomic mass is 10.1. The Labute approximate surface area is 168 Å². The van der Waals surface area contributed by atoms with Crippen molar-refractivity contribution in [1.29, 1.82) is 5.26 Å². The van der Waals surface area contributed by atoms with Crippen LogP contribution >= 0.6 is 0 Å². The summed E-state index contributed by atoms with van der Waals surface area (Å²) < 4.78 is 33.2. The van der Waals surface area contributed by atoms with Gasteiger partial charge in [0.2, 0.25) is 0 Å². The minimum atomic E-state index is -4.18. The number of amides is 1. The molecule has 1 amide bonds. The topological polar surface area (TPSA) is 119 Å². The quantitative estimate of drug-likeness (QED) is 0.682. The van der Waals surface area contributed by atoms with Crippen LogP contribution in [0.5, 0.6) is 5.75 Å². The number of para-hydroxylation sites is 1. The van der Waals surface area contributed by atoms with E-state index >= 15 is 0 Å². The summed E-state index contributed by atoms with van der Waals surface area (Å²) >= 11 is 0. The molecule has 0 bridgehead atoms. The molecule has 2 aromatic carbocycles. The maximum atomic E-state index is 14.3. The summed E-state index contributed by atoms with van der Waals surface area (Å²) in [4.78, 5) is 32.2. The zero-order valence-electron chi connectivity index (χ0n) is 15.5. The third-order valence-electron chi connectivity index (χ3n) is 4.69. The number of ether oxygens (including phenoxy) is 1. The highest BCUT2D eigenvalue weighted by Gasteiger charge is 2.51. The Hall–Kier alpha value is -3.84. The van der Waals surface area contributed by atoms with Crippen LogP contribution in [0.3, 0.4) is 0 Å². The van der Waals surface area contributed by atoms with Crippen molar-refractivity contribution in [3.63, 3.8) is 0 Å². The average molecular weight is 412 g/mol. The van der Waals surface area contributed by atoms with E-state index in [0.717, 1.165) is 0 Å². The maximum absolute atomic E-state index is 14.3. The molecule has 0 saturated carbocycles. The van der Waals surface area contributed by atoms with Gasteiger partial charge in [-0.3, -0.25) is 14.5 Å². The van der Waals surface area contributed by atoms with Gasteiger partial charge in [-0.2, -0.15) is 14.0 Å². The number of fused-ring (bicyclic) bond motifs is 2. The Balaban J connectivity index is 1.84. The van der Waals surface area contributed by atoms with Crippen molar-refractivity contribution in [2.75, 3.05) is 4.90 Å². The number of aromatic amines is 1. The van der Waals surface area contributed by atoms with Gasteiger partial charge in [-0.05, 0) is 31.2 Å². The molecule has 0 aliphatic carbocycles. The number of benzene rings is 2. The fourth-order valence-corrected chi connectivity index (χ4v) is 3.24. The number of nitriles is 1. The number of rotatable bonds is 3. The van der Waals surface area contributed by atoms with Crippen molar-refractivity contribution < 1.29 is 23.4 Å². The highest BCUT2D eigenvalue weighted by atomic mass is 19.3. The Morgan fingerprint density at radius 3 is 2.80 bits per heavy atom. The Morgan fingerprint density at radius 1 is 1.33 bits per heavy atom. The number of aliphatic hydroxyl groups excluding tert-OH is 1. The van der Waals surface area contributed by atoms with Gasteiger partial charge in [-0.25, -0.2) is 4.98 Å². The largest absolute Gasteiger partial charge is 0.483 e. The number of aromatic nitrogens is 2. The molecule has 10 heteroatoms. The van der Waals surface area contributed by atoms with Crippen LogP contribution in [-0.2, 0) is 11.3 Å². The molecular formula is C20H14F2N4O4. The standard InChI is InChI=1S/C20H14F2N4O4/c1-10(27)12-3-2-4-16-17(12)30-20(21,22)19(29)26(16)9-15-18(28)25-13-6-5-11(8-23)7-14(13)24-15/h2-7,10,27H,9H2,1H3,(H,25,28)/t10-/m0/s1. The van der Waals surface area contributed by atoms with Gasteiger partial charge in [0, 0.05) is 5.56 Å². The average Bonchev–Trinajstić information content (AvgIpc) is 2.70. The SMILES string of the molecule is C[C@H](O)c1cccc2c1OC(F)(F)C(=O)N2Cc1nc2cc(C#N)ccc2[nH]c1=O. The summed E-state index contributed by atoms with van der Waals surface area (Å²) in [7, 11) is 0. The van der Waals surface area contributed by atoms with Crippen LogP contribution in [0.2, 0.25) is 0 Å². The van der Waals surface area contributed by atoms with Gasteiger partial charge in [-0.1, -0.05) is 12.1 Å². The number of halogens is 2. The molecule has 0 spiro atoms. The van der Waals surface area contributed by atoms with Crippen molar-refractivity contribution in [2.24, 2.45) is 0 Å². The third kappa shape index (κ3) is 3.15. The van der Waals surface area contributed by atoms with Crippen LogP contribution in [0.15, 0.2) is 41.2 Å². The fraction of sp³-hybridized carbons (Fsp3) is 0.200. The molecule has 4 rings (SSSR count). The maximum Gasteiger partial charge on any atom is 0.483 e. The zero-order chi connectivity index (χ0) is 21.6. The highest BCUT2D eigenvalue weighted by Crippen LogP contribution is 2.43. The number of alkyl halides is 2. The molecule has 0 unspecified atom stereocenters. The van der Waals surface area contributed by atoms with Gasteiger partial charge < -0.3 is 14.8 Å². The van der Waals surface area contributed by atoms with Crippen molar-refractivity contribution in [3.8, 4) is 11.8 Å². The molecular weight excluding hydrogens is 398 g/mol. The van der Waals surface area contributed by atoms with E-state index in [9.17, 15) is 23.5 Å². The Morgan fingerprint density at radius 2 is 2.10 bits per heavy atom. The molecule has 0 radical (unpaired) electrons. The number of carbonyl (C=O) groups is 1. The molecule has 2 heterocycles. The van der Waals surface area contributed by atoms with Crippen LogP contribution in [0.25, 0.3) is 11.0 Å². The normalized spacial score (nSPS) is 16.0. The molecule has 1 atom stereocenters. The second-order valence-corrected chi connectivity index (χ2v) is 6.74. The van der Waals surface area contributed by atoms with E-state index in [1.54, 1.807) is 0 Å². The molecule has 3 aromatic rings. The lowest BCUT2D eigenvalue weighted by Crippen LogP contribution is -2.51. The van der Waals surface area contributed by atoms with Crippen LogP contribution in [-0.4, -0.2) is 27.1 Å². The van der Waals surface area contributed by atoms with Gasteiger partial charge in [-0.15, -0.1) is 0 Å². The number of carbonyl (C=O) groups excluding carboxylic acids is 1. The molecule has 1 aliphatic heterocycles. The summed E-state index contributed by atoms with van der Waals surface area (Å²) in [6, 6.07) is 10.6. The van der Waals surface area contributed by atoms with Gasteiger partial charge >= 0.3 is 12.0 Å². The highest BCUT2D eigenvalue weighted by molar-refractivity contribution is 6.01. The summed E-state index contributed by atoms with van der Waals surface area (Å²) in [5, 5.41) is 18.9. The van der Waals surface area contributed by atoms with E-state index in [1.807, 2.05) is 6.07 Å². The lowest BCUT2D eigenvalue weighted by Gasteiger charge is -2.34. The molecule has 152 valence electrons. The van der Waals surface area contributed by atoms with E-state index in [0.29, 0.717) is 16.0 Å². The van der Waals surface area contributed by atoms with Gasteiger partial charge in [0.15, 0.2) is 5.75 Å². The smallest absolute Gasteiger partial charge is 0.423 e. The zero-order valence-corrected chi connectivity index (χ0v) is 15.5. The first-order valence-corrected chi connectivity index (χ1v) is 8.84. The molecule has 0 saturated heterocycles. The number of aliphatic hydroxyl groups is 1. The van der Waals surface area contributed by atoms with E-state index in [1.165, 1.54) is 43.3 Å². The first kappa shape index (κ1) is 19.5. The predicted octanol–water partition coefficient (Wildman–Crippen LogP) is 2.37. The van der Waals surface area contributed by atoms with Crippen LogP contribution in [0, 0.1) is 11.3 Å². The Bertz CT molecular complexity index is 1280. The summed E-state index contributed by atoms with van der Waals surface area (Å²) in [5.41, 5.74) is 0.126. The molecule has 2 N–H and O–H groups in total. The number of anilines is 1. The number of nitrogens with one attached hydrogen (secondary N) is 1. The van der Waals surface area contributed by atoms with E-state index in [2.05, 4.69) is 14.7 Å². The van der Waals surface area contributed by atoms with Gasteiger partial charge in [0.05, 0.1) is 41.0 Å². The Kier molecular flexibility index (Phi) is 4.47. The molecule has 1 aromatic heterocycles. The minimum Gasteiger partial charge on any atom is -0.423 e. The predicted molar refractivity (Wildman–Crippen MR) is 101 cm³/mol. The number of hydrogen-bond acceptors (Lipinski definition) is 6. The van der Waals surface area contributed by atoms with Gasteiger partial charge in [0.1, 0.15) is 5.69 Å². The molecule has 0 fully saturated rings. The van der Waals surface area contributed by atoms with Crippen molar-refractivity contribution >= 4 is 22.6 Å². The van der Waals surface area contributed by atoms with E-state index < -0.39 is 30.2 Å². The van der Waals surface area contributed by atoms with Gasteiger partial charge in [0.25, 0.3) is 5.56 Å². The number of hydrogen-bond donors (Lipinski definition) is 2. The summed E-state index contributed by atoms with van der Waals surface area (Å²) in [6.07, 6.45) is -5.31. The third-order valence-corrected chi connectivity index (χ3v) is 4.69. The van der Waals surface area contributed by atoms with E-state index in [-0.39, 0.29) is 28.2 Å². The van der Waals surface area contributed by atoms with E-state index in [4.69, 9.17) is 5.26 Å². The summed E-state index contributed by atoms with van der Waals surface area (Å²) in [6.45, 7) is 0.816. The second kappa shape index (κ2) is 6.89. The molecule has 1 aliphatic rings. The number of H-pyrrole nitrogens is 1. The van der Waals surface area contributed by atoms with Crippen LogP contribution in [0.1, 0.15) is 29.8 Å². The first-order valence-electron chi connectivity index (χ1n) is 8.84. The van der Waals surface area contributed by atoms with Crippen LogP contribution < -0.4 is 15.2 Å². The van der Waals surface area contributed by atoms with Crippen molar-refractivity contribution in [3.05, 3.63) is 63.6 Å². The molecule has 30 heavy (non-hydrogen) atoms. The first-order chi connectivity index (χ1) is 14.2. The monoisotopic (exact) mass is 412 g/mol.